The number of aryl methyl sites for hydroxylation is 1. The molecule has 0 aliphatic heterocycles. The van der Waals surface area contributed by atoms with Crippen LogP contribution in [0.3, 0.4) is 0 Å². The van der Waals surface area contributed by atoms with Crippen LogP contribution < -0.4 is 15.0 Å². The summed E-state index contributed by atoms with van der Waals surface area (Å²) in [4.78, 5) is 15.2. The number of carbonyl (C=O) groups is 1. The van der Waals surface area contributed by atoms with Crippen molar-refractivity contribution in [2.75, 3.05) is 5.32 Å². The number of rotatable bonds is 5. The number of anilines is 1. The van der Waals surface area contributed by atoms with Gasteiger partial charge in [-0.1, -0.05) is 25.1 Å². The van der Waals surface area contributed by atoms with Crippen LogP contribution in [0.2, 0.25) is 0 Å². The molecular weight excluding hydrogens is 252 g/mol. The number of pyridine rings is 1. The summed E-state index contributed by atoms with van der Waals surface area (Å²) in [6, 6.07) is 13.2. The Hall–Kier alpha value is -2.36. The van der Waals surface area contributed by atoms with E-state index in [0.29, 0.717) is 18.0 Å². The normalized spacial score (nSPS) is 11.7. The Balaban J connectivity index is 2.02. The standard InChI is InChI=1S/C16H18N2O2/c1-3-14(20-13-7-5-4-6-8-13)16(19)18-15-11-12(2)9-10-17-15/h4-11,14H,3H2,1-2H3,(H,17,18,19)/p+1. The van der Waals surface area contributed by atoms with Crippen LogP contribution in [-0.4, -0.2) is 12.0 Å². The predicted molar refractivity (Wildman–Crippen MR) is 77.5 cm³/mol. The van der Waals surface area contributed by atoms with Crippen LogP contribution in [0.15, 0.2) is 48.7 Å². The highest BCUT2D eigenvalue weighted by atomic mass is 16.5. The number of amides is 1. The van der Waals surface area contributed by atoms with E-state index in [1.807, 2.05) is 56.3 Å². The molecule has 20 heavy (non-hydrogen) atoms. The Kier molecular flexibility index (Phi) is 4.71. The minimum atomic E-state index is -0.508. The largest absolute Gasteiger partial charge is 0.478 e. The van der Waals surface area contributed by atoms with E-state index in [-0.39, 0.29) is 5.91 Å². The van der Waals surface area contributed by atoms with Gasteiger partial charge in [-0.3, -0.25) is 0 Å². The number of nitrogens with one attached hydrogen (secondary N) is 2. The molecule has 2 N–H and O–H groups in total. The van der Waals surface area contributed by atoms with Crippen molar-refractivity contribution in [1.29, 1.82) is 0 Å². The quantitative estimate of drug-likeness (QED) is 0.908. The van der Waals surface area contributed by atoms with Crippen molar-refractivity contribution in [3.05, 3.63) is 54.2 Å². The van der Waals surface area contributed by atoms with E-state index in [9.17, 15) is 4.79 Å². The second kappa shape index (κ2) is 6.70. The third-order valence-electron chi connectivity index (χ3n) is 2.90. The molecule has 0 saturated carbocycles. The first-order chi connectivity index (χ1) is 9.69. The number of hydrogen-bond acceptors (Lipinski definition) is 2. The molecule has 0 bridgehead atoms. The summed E-state index contributed by atoms with van der Waals surface area (Å²) in [5, 5.41) is 2.83. The van der Waals surface area contributed by atoms with Gasteiger partial charge in [-0.25, -0.2) is 15.1 Å². The molecule has 1 heterocycles. The van der Waals surface area contributed by atoms with Crippen LogP contribution in [0.25, 0.3) is 0 Å². The van der Waals surface area contributed by atoms with E-state index in [2.05, 4.69) is 10.3 Å². The first-order valence-electron chi connectivity index (χ1n) is 6.70. The van der Waals surface area contributed by atoms with E-state index in [1.54, 1.807) is 6.20 Å². The Bertz CT molecular complexity index is 570. The topological polar surface area (TPSA) is 52.5 Å². The molecule has 0 spiro atoms. The molecule has 1 amide bonds. The number of aromatic amines is 1. The molecule has 0 aliphatic carbocycles. The van der Waals surface area contributed by atoms with Crippen LogP contribution in [0.5, 0.6) is 5.75 Å². The van der Waals surface area contributed by atoms with E-state index < -0.39 is 6.10 Å². The number of carbonyl (C=O) groups excluding carboxylic acids is 1. The summed E-state index contributed by atoms with van der Waals surface area (Å²) in [5.41, 5.74) is 1.08. The summed E-state index contributed by atoms with van der Waals surface area (Å²) < 4.78 is 5.70. The van der Waals surface area contributed by atoms with E-state index in [4.69, 9.17) is 4.74 Å². The minimum Gasteiger partial charge on any atom is -0.478 e. The predicted octanol–water partition coefficient (Wildman–Crippen LogP) is 2.61. The number of aromatic nitrogens is 1. The lowest BCUT2D eigenvalue weighted by atomic mass is 10.2. The van der Waals surface area contributed by atoms with Crippen LogP contribution >= 0.6 is 0 Å². The molecule has 4 nitrogen and oxygen atoms in total. The average Bonchev–Trinajstić information content (AvgIpc) is 2.45. The van der Waals surface area contributed by atoms with Gasteiger partial charge < -0.3 is 4.74 Å². The van der Waals surface area contributed by atoms with Gasteiger partial charge in [-0.2, -0.15) is 0 Å². The maximum Gasteiger partial charge on any atom is 0.348 e. The first-order valence-corrected chi connectivity index (χ1v) is 6.70. The number of H-pyrrole nitrogens is 1. The molecule has 1 atom stereocenters. The average molecular weight is 271 g/mol. The third-order valence-corrected chi connectivity index (χ3v) is 2.90. The number of hydrogen-bond donors (Lipinski definition) is 1. The Morgan fingerprint density at radius 2 is 2.05 bits per heavy atom. The zero-order valence-corrected chi connectivity index (χ0v) is 11.7. The number of ether oxygens (including phenoxy) is 1. The SMILES string of the molecule is CCC(Oc1ccccc1)C(=O)Nc1cc(C)cc[nH+]1. The van der Waals surface area contributed by atoms with Crippen LogP contribution in [0.1, 0.15) is 18.9 Å². The van der Waals surface area contributed by atoms with Gasteiger partial charge in [0.25, 0.3) is 5.82 Å². The maximum atomic E-state index is 12.2. The lowest BCUT2D eigenvalue weighted by molar-refractivity contribution is -0.360. The molecule has 2 aromatic rings. The second-order valence-electron chi connectivity index (χ2n) is 4.60. The van der Waals surface area contributed by atoms with Crippen molar-refractivity contribution in [1.82, 2.24) is 0 Å². The fourth-order valence-corrected chi connectivity index (χ4v) is 1.85. The molecule has 1 aromatic carbocycles. The van der Waals surface area contributed by atoms with Gasteiger partial charge in [0, 0.05) is 6.07 Å². The van der Waals surface area contributed by atoms with Crippen molar-refractivity contribution >= 4 is 11.7 Å². The Labute approximate surface area is 118 Å². The number of para-hydroxylation sites is 1. The van der Waals surface area contributed by atoms with Gasteiger partial charge >= 0.3 is 5.91 Å². The molecule has 0 saturated heterocycles. The highest BCUT2D eigenvalue weighted by Crippen LogP contribution is 2.13. The lowest BCUT2D eigenvalue weighted by Crippen LogP contribution is -2.34. The Morgan fingerprint density at radius 1 is 1.30 bits per heavy atom. The molecule has 1 aromatic heterocycles. The number of benzene rings is 1. The molecule has 2 rings (SSSR count). The van der Waals surface area contributed by atoms with Gasteiger partial charge in [0.05, 0.1) is 6.20 Å². The molecular formula is C16H19N2O2+. The third kappa shape index (κ3) is 3.82. The monoisotopic (exact) mass is 271 g/mol. The van der Waals surface area contributed by atoms with Gasteiger partial charge in [-0.15, -0.1) is 0 Å². The molecule has 4 heteroatoms. The van der Waals surface area contributed by atoms with Crippen molar-refractivity contribution < 1.29 is 14.5 Å². The zero-order valence-electron chi connectivity index (χ0n) is 11.7. The Morgan fingerprint density at radius 3 is 2.70 bits per heavy atom. The summed E-state index contributed by atoms with van der Waals surface area (Å²) in [5.74, 6) is 1.21. The molecule has 0 aliphatic rings. The van der Waals surface area contributed by atoms with Crippen molar-refractivity contribution in [3.63, 3.8) is 0 Å². The van der Waals surface area contributed by atoms with Gasteiger partial charge in [0.15, 0.2) is 6.10 Å². The zero-order chi connectivity index (χ0) is 14.4. The summed E-state index contributed by atoms with van der Waals surface area (Å²) in [6.07, 6.45) is 1.89. The van der Waals surface area contributed by atoms with E-state index in [1.165, 1.54) is 0 Å². The van der Waals surface area contributed by atoms with Crippen molar-refractivity contribution in [2.24, 2.45) is 0 Å². The molecule has 0 fully saturated rings. The molecule has 104 valence electrons. The fraction of sp³-hybridized carbons (Fsp3) is 0.250. The van der Waals surface area contributed by atoms with E-state index in [0.717, 1.165) is 5.56 Å². The van der Waals surface area contributed by atoms with Crippen LogP contribution in [0.4, 0.5) is 5.82 Å². The van der Waals surface area contributed by atoms with Crippen LogP contribution in [0, 0.1) is 6.92 Å². The van der Waals surface area contributed by atoms with Gasteiger partial charge in [0.1, 0.15) is 5.75 Å². The summed E-state index contributed by atoms with van der Waals surface area (Å²) in [6.45, 7) is 3.90. The second-order valence-corrected chi connectivity index (χ2v) is 4.60. The maximum absolute atomic E-state index is 12.2. The van der Waals surface area contributed by atoms with Crippen LogP contribution in [-0.2, 0) is 4.79 Å². The first kappa shape index (κ1) is 14.1. The molecule has 1 unspecified atom stereocenters. The lowest BCUT2D eigenvalue weighted by Gasteiger charge is -2.14. The van der Waals surface area contributed by atoms with Crippen molar-refractivity contribution in [3.8, 4) is 5.75 Å². The highest BCUT2D eigenvalue weighted by Gasteiger charge is 2.23. The summed E-state index contributed by atoms with van der Waals surface area (Å²) >= 11 is 0. The van der Waals surface area contributed by atoms with Gasteiger partial charge in [-0.05, 0) is 37.1 Å². The minimum absolute atomic E-state index is 0.154. The van der Waals surface area contributed by atoms with Gasteiger partial charge in [0.2, 0.25) is 0 Å². The smallest absolute Gasteiger partial charge is 0.348 e. The summed E-state index contributed by atoms with van der Waals surface area (Å²) in [7, 11) is 0. The highest BCUT2D eigenvalue weighted by molar-refractivity contribution is 5.93. The fourth-order valence-electron chi connectivity index (χ4n) is 1.85. The van der Waals surface area contributed by atoms with Crippen molar-refractivity contribution in [2.45, 2.75) is 26.4 Å². The van der Waals surface area contributed by atoms with E-state index >= 15 is 0 Å². The molecule has 0 radical (unpaired) electrons.